The van der Waals surface area contributed by atoms with Gasteiger partial charge in [-0.15, -0.1) is 6.58 Å². The fraction of sp³-hybridized carbons (Fsp3) is 0.769. The van der Waals surface area contributed by atoms with Crippen LogP contribution in [-0.4, -0.2) is 25.1 Å². The summed E-state index contributed by atoms with van der Waals surface area (Å²) in [7, 11) is 3.21. The Morgan fingerprint density at radius 1 is 1.62 bits per heavy atom. The molecule has 1 aliphatic carbocycles. The molecule has 1 rings (SSSR count). The molecule has 3 heteroatoms. The molecule has 0 spiro atoms. The van der Waals surface area contributed by atoms with Crippen molar-refractivity contribution in [3.05, 3.63) is 12.7 Å². The van der Waals surface area contributed by atoms with E-state index in [1.807, 2.05) is 6.08 Å². The maximum Gasteiger partial charge on any atom is 0.249 e. The van der Waals surface area contributed by atoms with Crippen molar-refractivity contribution in [1.82, 2.24) is 5.06 Å². The van der Waals surface area contributed by atoms with Crippen molar-refractivity contribution in [2.24, 2.45) is 17.3 Å². The second-order valence-electron chi connectivity index (χ2n) is 5.29. The number of nitrogens with zero attached hydrogens (tertiary/aromatic N) is 1. The largest absolute Gasteiger partial charge is 0.275 e. The molecule has 0 aromatic rings. The van der Waals surface area contributed by atoms with Gasteiger partial charge in [-0.3, -0.25) is 9.63 Å². The molecule has 1 saturated carbocycles. The van der Waals surface area contributed by atoms with Crippen LogP contribution < -0.4 is 0 Å². The second-order valence-corrected chi connectivity index (χ2v) is 5.29. The molecule has 0 radical (unpaired) electrons. The first-order chi connectivity index (χ1) is 7.44. The first-order valence-corrected chi connectivity index (χ1v) is 5.86. The van der Waals surface area contributed by atoms with Gasteiger partial charge in [0.15, 0.2) is 0 Å². The van der Waals surface area contributed by atoms with Gasteiger partial charge in [-0.05, 0) is 30.6 Å². The standard InChI is InChI=1S/C13H23NO2/c1-6-7-8-11-10(9-13(11,2)3)12(15)14(4)16-5/h6,10-11H,1,7-9H2,2-5H3. The zero-order valence-corrected chi connectivity index (χ0v) is 10.8. The third-order valence-electron chi connectivity index (χ3n) is 3.82. The Labute approximate surface area is 98.4 Å². The number of amides is 1. The quantitative estimate of drug-likeness (QED) is 0.532. The van der Waals surface area contributed by atoms with Gasteiger partial charge < -0.3 is 0 Å². The molecule has 0 aliphatic heterocycles. The highest BCUT2D eigenvalue weighted by atomic mass is 16.7. The van der Waals surface area contributed by atoms with Gasteiger partial charge in [-0.2, -0.15) is 0 Å². The zero-order chi connectivity index (χ0) is 12.3. The molecule has 0 N–H and O–H groups in total. The average Bonchev–Trinajstić information content (AvgIpc) is 2.24. The molecule has 1 amide bonds. The van der Waals surface area contributed by atoms with Crippen LogP contribution in [0.2, 0.25) is 0 Å². The predicted octanol–water partition coefficient (Wildman–Crippen LogP) is 2.63. The topological polar surface area (TPSA) is 29.5 Å². The van der Waals surface area contributed by atoms with Crippen LogP contribution in [0.25, 0.3) is 0 Å². The van der Waals surface area contributed by atoms with Gasteiger partial charge in [-0.25, -0.2) is 5.06 Å². The summed E-state index contributed by atoms with van der Waals surface area (Å²) < 4.78 is 0. The van der Waals surface area contributed by atoms with E-state index in [9.17, 15) is 4.79 Å². The van der Waals surface area contributed by atoms with E-state index in [4.69, 9.17) is 4.84 Å². The van der Waals surface area contributed by atoms with E-state index >= 15 is 0 Å². The maximum absolute atomic E-state index is 12.0. The van der Waals surface area contributed by atoms with Crippen LogP contribution in [0, 0.1) is 17.3 Å². The van der Waals surface area contributed by atoms with Crippen molar-refractivity contribution in [2.45, 2.75) is 33.1 Å². The molecule has 0 saturated heterocycles. The SMILES string of the molecule is C=CCCC1C(C(=O)N(C)OC)CC1(C)C. The van der Waals surface area contributed by atoms with Gasteiger partial charge in [0.05, 0.1) is 7.11 Å². The monoisotopic (exact) mass is 225 g/mol. The van der Waals surface area contributed by atoms with Crippen LogP contribution in [0.3, 0.4) is 0 Å². The van der Waals surface area contributed by atoms with Gasteiger partial charge in [0, 0.05) is 13.0 Å². The lowest BCUT2D eigenvalue weighted by molar-refractivity contribution is -0.186. The first kappa shape index (κ1) is 13.2. The molecule has 0 heterocycles. The van der Waals surface area contributed by atoms with Crippen LogP contribution in [-0.2, 0) is 9.63 Å². The Hall–Kier alpha value is -0.830. The van der Waals surface area contributed by atoms with E-state index in [0.29, 0.717) is 5.92 Å². The summed E-state index contributed by atoms with van der Waals surface area (Å²) in [5.41, 5.74) is 0.276. The van der Waals surface area contributed by atoms with E-state index in [0.717, 1.165) is 19.3 Å². The number of rotatable bonds is 5. The van der Waals surface area contributed by atoms with Crippen LogP contribution in [0.5, 0.6) is 0 Å². The number of carbonyl (C=O) groups is 1. The van der Waals surface area contributed by atoms with E-state index in [-0.39, 0.29) is 17.2 Å². The highest BCUT2D eigenvalue weighted by molar-refractivity contribution is 5.79. The molecular weight excluding hydrogens is 202 g/mol. The fourth-order valence-corrected chi connectivity index (χ4v) is 2.72. The van der Waals surface area contributed by atoms with Gasteiger partial charge in [0.1, 0.15) is 0 Å². The molecule has 0 aromatic carbocycles. The Kier molecular flexibility index (Phi) is 4.14. The molecular formula is C13H23NO2. The minimum atomic E-state index is 0.107. The lowest BCUT2D eigenvalue weighted by Crippen LogP contribution is -2.51. The summed E-state index contributed by atoms with van der Waals surface area (Å²) in [4.78, 5) is 16.9. The lowest BCUT2D eigenvalue weighted by atomic mass is 9.54. The van der Waals surface area contributed by atoms with Gasteiger partial charge in [0.2, 0.25) is 5.91 Å². The fourth-order valence-electron chi connectivity index (χ4n) is 2.72. The van der Waals surface area contributed by atoms with Crippen LogP contribution in [0.1, 0.15) is 33.1 Å². The van der Waals surface area contributed by atoms with Crippen LogP contribution in [0.15, 0.2) is 12.7 Å². The molecule has 92 valence electrons. The Balaban J connectivity index is 2.62. The summed E-state index contributed by atoms with van der Waals surface area (Å²) in [5.74, 6) is 0.686. The maximum atomic E-state index is 12.0. The summed E-state index contributed by atoms with van der Waals surface area (Å²) in [6.07, 6.45) is 4.91. The second kappa shape index (κ2) is 5.00. The summed E-state index contributed by atoms with van der Waals surface area (Å²) in [6, 6.07) is 0. The average molecular weight is 225 g/mol. The van der Waals surface area contributed by atoms with Crippen LogP contribution >= 0.6 is 0 Å². The molecule has 16 heavy (non-hydrogen) atoms. The summed E-state index contributed by atoms with van der Waals surface area (Å²) in [5, 5.41) is 1.35. The zero-order valence-electron chi connectivity index (χ0n) is 10.8. The third-order valence-corrected chi connectivity index (χ3v) is 3.82. The molecule has 0 bridgehead atoms. The summed E-state index contributed by atoms with van der Waals surface area (Å²) in [6.45, 7) is 8.21. The van der Waals surface area contributed by atoms with Crippen molar-refractivity contribution in [3.63, 3.8) is 0 Å². The smallest absolute Gasteiger partial charge is 0.249 e. The molecule has 2 atom stereocenters. The Morgan fingerprint density at radius 2 is 2.25 bits per heavy atom. The minimum absolute atomic E-state index is 0.107. The molecule has 1 aliphatic rings. The number of hydrogen-bond donors (Lipinski definition) is 0. The van der Waals surface area contributed by atoms with E-state index in [2.05, 4.69) is 20.4 Å². The number of allylic oxidation sites excluding steroid dienone is 1. The van der Waals surface area contributed by atoms with Crippen molar-refractivity contribution in [3.8, 4) is 0 Å². The van der Waals surface area contributed by atoms with Crippen LogP contribution in [0.4, 0.5) is 0 Å². The highest BCUT2D eigenvalue weighted by Gasteiger charge is 2.50. The lowest BCUT2D eigenvalue weighted by Gasteiger charge is -2.51. The Morgan fingerprint density at radius 3 is 2.69 bits per heavy atom. The highest BCUT2D eigenvalue weighted by Crippen LogP contribution is 2.53. The normalized spacial score (nSPS) is 27.0. The molecule has 1 fully saturated rings. The van der Waals surface area contributed by atoms with E-state index < -0.39 is 0 Å². The molecule has 3 nitrogen and oxygen atoms in total. The first-order valence-electron chi connectivity index (χ1n) is 5.86. The van der Waals surface area contributed by atoms with E-state index in [1.54, 1.807) is 7.05 Å². The number of hydroxylamine groups is 2. The van der Waals surface area contributed by atoms with Crippen molar-refractivity contribution < 1.29 is 9.63 Å². The van der Waals surface area contributed by atoms with Crippen molar-refractivity contribution >= 4 is 5.91 Å². The number of hydrogen-bond acceptors (Lipinski definition) is 2. The third kappa shape index (κ3) is 2.46. The molecule has 0 aromatic heterocycles. The van der Waals surface area contributed by atoms with Gasteiger partial charge in [0.25, 0.3) is 0 Å². The van der Waals surface area contributed by atoms with E-state index in [1.165, 1.54) is 12.2 Å². The number of carbonyl (C=O) groups excluding carboxylic acids is 1. The summed E-state index contributed by atoms with van der Waals surface area (Å²) >= 11 is 0. The van der Waals surface area contributed by atoms with Gasteiger partial charge >= 0.3 is 0 Å². The van der Waals surface area contributed by atoms with Crippen molar-refractivity contribution in [2.75, 3.05) is 14.2 Å². The predicted molar refractivity (Wildman–Crippen MR) is 64.6 cm³/mol. The molecule has 2 unspecified atom stereocenters. The van der Waals surface area contributed by atoms with Crippen molar-refractivity contribution in [1.29, 1.82) is 0 Å². The Bertz CT molecular complexity index is 273. The van der Waals surface area contributed by atoms with Gasteiger partial charge in [-0.1, -0.05) is 19.9 Å². The minimum Gasteiger partial charge on any atom is -0.275 e.